The second-order valence-electron chi connectivity index (χ2n) is 6.75. The highest BCUT2D eigenvalue weighted by Gasteiger charge is 2.59. The molecule has 9 nitrogen and oxygen atoms in total. The molecule has 0 aliphatic carbocycles. The van der Waals surface area contributed by atoms with Crippen LogP contribution in [0.25, 0.3) is 5.52 Å². The van der Waals surface area contributed by atoms with E-state index in [1.165, 1.54) is 10.8 Å². The average Bonchev–Trinajstić information content (AvgIpc) is 3.30. The van der Waals surface area contributed by atoms with Gasteiger partial charge in [0.25, 0.3) is 0 Å². The molecule has 148 valence electrons. The Morgan fingerprint density at radius 1 is 1.38 bits per heavy atom. The van der Waals surface area contributed by atoms with E-state index in [2.05, 4.69) is 16.2 Å². The lowest BCUT2D eigenvalue weighted by molar-refractivity contribution is -0.0510. The predicted octanol–water partition coefficient (Wildman–Crippen LogP) is 1.43. The highest BCUT2D eigenvalue weighted by atomic mass is 16.6. The van der Waals surface area contributed by atoms with Crippen LogP contribution in [-0.4, -0.2) is 44.0 Å². The van der Waals surface area contributed by atoms with Crippen molar-refractivity contribution < 1.29 is 19.4 Å². The molecule has 0 saturated carbocycles. The third kappa shape index (κ3) is 2.90. The zero-order chi connectivity index (χ0) is 20.6. The van der Waals surface area contributed by atoms with Gasteiger partial charge in [0.05, 0.1) is 17.4 Å². The van der Waals surface area contributed by atoms with Crippen LogP contribution in [-0.2, 0) is 15.1 Å². The average molecular weight is 393 g/mol. The summed E-state index contributed by atoms with van der Waals surface area (Å²) in [6.07, 6.45) is -1.46. The Kier molecular flexibility index (Phi) is 4.66. The molecule has 2 aromatic heterocycles. The number of anilines is 1. The van der Waals surface area contributed by atoms with Gasteiger partial charge in [0.2, 0.25) is 5.60 Å². The third-order valence-corrected chi connectivity index (χ3v) is 5.11. The summed E-state index contributed by atoms with van der Waals surface area (Å²) < 4.78 is 13.0. The summed E-state index contributed by atoms with van der Waals surface area (Å²) in [7, 11) is 0. The first-order chi connectivity index (χ1) is 14.0. The van der Waals surface area contributed by atoms with Crippen LogP contribution >= 0.6 is 0 Å². The molecule has 0 radical (unpaired) electrons. The SMILES string of the molecule is CC[C@H]1O[C@@](C#N)(c2ccc3c(N)ncnn23)[C@H](O)[C@@H]1OC(=O)c1ccccc1. The Balaban J connectivity index is 1.73. The van der Waals surface area contributed by atoms with Crippen LogP contribution in [0.3, 0.4) is 0 Å². The number of aliphatic hydroxyl groups excluding tert-OH is 1. The van der Waals surface area contributed by atoms with E-state index in [0.29, 0.717) is 17.5 Å². The number of nitrogens with two attached hydrogens (primary N) is 1. The number of nitrogen functional groups attached to an aromatic ring is 1. The maximum atomic E-state index is 12.5. The molecule has 1 aliphatic rings. The molecule has 3 N–H and O–H groups in total. The number of aliphatic hydroxyl groups is 1. The normalized spacial score (nSPS) is 26.3. The summed E-state index contributed by atoms with van der Waals surface area (Å²) >= 11 is 0. The maximum absolute atomic E-state index is 12.5. The number of hydrogen-bond acceptors (Lipinski definition) is 8. The molecule has 1 aromatic carbocycles. The van der Waals surface area contributed by atoms with Gasteiger partial charge in [-0.05, 0) is 30.7 Å². The van der Waals surface area contributed by atoms with Gasteiger partial charge in [0, 0.05) is 0 Å². The molecule has 3 heterocycles. The number of esters is 1. The molecule has 4 atom stereocenters. The minimum absolute atomic E-state index is 0.228. The second kappa shape index (κ2) is 7.16. The largest absolute Gasteiger partial charge is 0.453 e. The molecular formula is C20H19N5O4. The van der Waals surface area contributed by atoms with Gasteiger partial charge in [0.15, 0.2) is 11.9 Å². The molecular weight excluding hydrogens is 374 g/mol. The van der Waals surface area contributed by atoms with Gasteiger partial charge >= 0.3 is 5.97 Å². The summed E-state index contributed by atoms with van der Waals surface area (Å²) in [5.74, 6) is -0.372. The first-order valence-corrected chi connectivity index (χ1v) is 9.13. The first kappa shape index (κ1) is 18.9. The van der Waals surface area contributed by atoms with Crippen LogP contribution in [0.1, 0.15) is 29.4 Å². The fraction of sp³-hybridized carbons (Fsp3) is 0.300. The number of hydrogen-bond donors (Lipinski definition) is 2. The Bertz CT molecular complexity index is 1090. The lowest BCUT2D eigenvalue weighted by Gasteiger charge is -2.24. The number of aromatic nitrogens is 3. The van der Waals surface area contributed by atoms with Crippen molar-refractivity contribution in [3.8, 4) is 6.07 Å². The van der Waals surface area contributed by atoms with Gasteiger partial charge in [-0.25, -0.2) is 14.3 Å². The topological polar surface area (TPSA) is 136 Å². The highest BCUT2D eigenvalue weighted by molar-refractivity contribution is 5.89. The van der Waals surface area contributed by atoms with E-state index in [1.807, 2.05) is 6.92 Å². The molecule has 29 heavy (non-hydrogen) atoms. The molecule has 1 aliphatic heterocycles. The Morgan fingerprint density at radius 3 is 2.83 bits per heavy atom. The van der Waals surface area contributed by atoms with Crippen molar-refractivity contribution in [2.75, 3.05) is 5.73 Å². The van der Waals surface area contributed by atoms with Crippen molar-refractivity contribution in [3.63, 3.8) is 0 Å². The number of rotatable bonds is 4. The lowest BCUT2D eigenvalue weighted by Crippen LogP contribution is -2.42. The second-order valence-corrected chi connectivity index (χ2v) is 6.75. The van der Waals surface area contributed by atoms with E-state index in [-0.39, 0.29) is 11.5 Å². The monoisotopic (exact) mass is 393 g/mol. The zero-order valence-electron chi connectivity index (χ0n) is 15.6. The van der Waals surface area contributed by atoms with Crippen LogP contribution < -0.4 is 5.73 Å². The van der Waals surface area contributed by atoms with Crippen molar-refractivity contribution >= 4 is 17.3 Å². The number of benzene rings is 1. The molecule has 3 aromatic rings. The van der Waals surface area contributed by atoms with E-state index in [4.69, 9.17) is 15.2 Å². The lowest BCUT2D eigenvalue weighted by atomic mass is 9.92. The quantitative estimate of drug-likeness (QED) is 0.635. The molecule has 9 heteroatoms. The third-order valence-electron chi connectivity index (χ3n) is 5.11. The van der Waals surface area contributed by atoms with Crippen LogP contribution in [0.5, 0.6) is 0 Å². The fourth-order valence-corrected chi connectivity index (χ4v) is 3.63. The van der Waals surface area contributed by atoms with Gasteiger partial charge in [-0.1, -0.05) is 25.1 Å². The maximum Gasteiger partial charge on any atom is 0.338 e. The van der Waals surface area contributed by atoms with Crippen LogP contribution in [0, 0.1) is 11.3 Å². The molecule has 0 amide bonds. The molecule has 4 rings (SSSR count). The van der Waals surface area contributed by atoms with E-state index >= 15 is 0 Å². The number of nitriles is 1. The summed E-state index contributed by atoms with van der Waals surface area (Å²) in [5, 5.41) is 25.2. The van der Waals surface area contributed by atoms with Crippen LogP contribution in [0.4, 0.5) is 5.82 Å². The Labute approximate surface area is 166 Å². The minimum Gasteiger partial charge on any atom is -0.453 e. The Hall–Kier alpha value is -3.48. The van der Waals surface area contributed by atoms with E-state index in [9.17, 15) is 15.2 Å². The van der Waals surface area contributed by atoms with Gasteiger partial charge in [0.1, 0.15) is 24.0 Å². The molecule has 0 unspecified atom stereocenters. The van der Waals surface area contributed by atoms with Crippen molar-refractivity contribution in [1.82, 2.24) is 14.6 Å². The standard InChI is InChI=1S/C20H19N5O4/c1-2-14-16(28-19(27)12-6-4-3-5-7-12)17(26)20(10-21,29-14)15-9-8-13-18(22)23-11-24-25(13)15/h3-9,11,14,16-17,26H,2H2,1H3,(H2,22,23,24)/t14-,16-,17-,20+/m1/s1. The number of carbonyl (C=O) groups is 1. The minimum atomic E-state index is -1.78. The van der Waals surface area contributed by atoms with E-state index in [0.717, 1.165) is 0 Å². The Morgan fingerprint density at radius 2 is 2.14 bits per heavy atom. The number of nitrogens with zero attached hydrogens (tertiary/aromatic N) is 4. The summed E-state index contributed by atoms with van der Waals surface area (Å²) in [5.41, 5.74) is 5.20. The van der Waals surface area contributed by atoms with Crippen molar-refractivity contribution in [2.45, 2.75) is 37.3 Å². The molecule has 1 saturated heterocycles. The van der Waals surface area contributed by atoms with Gasteiger partial charge < -0.3 is 20.3 Å². The van der Waals surface area contributed by atoms with Crippen molar-refractivity contribution in [1.29, 1.82) is 5.26 Å². The molecule has 1 fully saturated rings. The molecule has 0 bridgehead atoms. The van der Waals surface area contributed by atoms with Gasteiger partial charge in [-0.15, -0.1) is 0 Å². The summed E-state index contributed by atoms with van der Waals surface area (Å²) in [6.45, 7) is 1.82. The van der Waals surface area contributed by atoms with Crippen LogP contribution in [0.2, 0.25) is 0 Å². The highest BCUT2D eigenvalue weighted by Crippen LogP contribution is 2.42. The predicted molar refractivity (Wildman–Crippen MR) is 102 cm³/mol. The zero-order valence-corrected chi connectivity index (χ0v) is 15.6. The first-order valence-electron chi connectivity index (χ1n) is 9.13. The smallest absolute Gasteiger partial charge is 0.338 e. The van der Waals surface area contributed by atoms with Crippen LogP contribution in [0.15, 0.2) is 48.8 Å². The summed E-state index contributed by atoms with van der Waals surface area (Å²) in [6, 6.07) is 13.7. The fourth-order valence-electron chi connectivity index (χ4n) is 3.63. The van der Waals surface area contributed by atoms with E-state index in [1.54, 1.807) is 42.5 Å². The van der Waals surface area contributed by atoms with Crippen molar-refractivity contribution in [2.24, 2.45) is 0 Å². The number of ether oxygens (including phenoxy) is 2. The van der Waals surface area contributed by atoms with Crippen molar-refractivity contribution in [3.05, 3.63) is 60.0 Å². The number of fused-ring (bicyclic) bond motifs is 1. The van der Waals surface area contributed by atoms with Gasteiger partial charge in [-0.2, -0.15) is 10.4 Å². The van der Waals surface area contributed by atoms with E-state index < -0.39 is 29.9 Å². The van der Waals surface area contributed by atoms with Gasteiger partial charge in [-0.3, -0.25) is 0 Å². The number of carbonyl (C=O) groups excluding carboxylic acids is 1. The summed E-state index contributed by atoms with van der Waals surface area (Å²) in [4.78, 5) is 16.5. The molecule has 0 spiro atoms.